The fraction of sp³-hybridized carbons (Fsp3) is 0.143. The highest BCUT2D eigenvalue weighted by molar-refractivity contribution is 9.10. The zero-order valence-electron chi connectivity index (χ0n) is 8.80. The molecular formula is C14H10Br2. The minimum Gasteiger partial charge on any atom is -0.0567 e. The van der Waals surface area contributed by atoms with Gasteiger partial charge in [0.2, 0.25) is 0 Å². The van der Waals surface area contributed by atoms with Crippen molar-refractivity contribution in [2.24, 2.45) is 0 Å². The number of benzene rings is 2. The van der Waals surface area contributed by atoms with Gasteiger partial charge in [-0.05, 0) is 46.5 Å². The van der Waals surface area contributed by atoms with Crippen LogP contribution in [0, 0.1) is 0 Å². The molecule has 16 heavy (non-hydrogen) atoms. The van der Waals surface area contributed by atoms with Crippen LogP contribution in [0.1, 0.15) is 24.0 Å². The Morgan fingerprint density at radius 1 is 0.812 bits per heavy atom. The van der Waals surface area contributed by atoms with Crippen molar-refractivity contribution in [1.29, 1.82) is 0 Å². The lowest BCUT2D eigenvalue weighted by atomic mass is 10.00. The first kappa shape index (κ1) is 10.5. The highest BCUT2D eigenvalue weighted by Crippen LogP contribution is 2.46. The van der Waals surface area contributed by atoms with E-state index in [2.05, 4.69) is 75.2 Å². The maximum Gasteiger partial charge on any atom is 0.0181 e. The molecule has 3 rings (SSSR count). The van der Waals surface area contributed by atoms with E-state index >= 15 is 0 Å². The Hall–Kier alpha value is -0.600. The van der Waals surface area contributed by atoms with Crippen molar-refractivity contribution in [3.63, 3.8) is 0 Å². The lowest BCUT2D eigenvalue weighted by Crippen LogP contribution is -1.88. The SMILES string of the molecule is CC1c2ccc(Br)cc2-c2cc(Br)ccc21. The molecule has 0 saturated heterocycles. The summed E-state index contributed by atoms with van der Waals surface area (Å²) in [5.74, 6) is 0.506. The van der Waals surface area contributed by atoms with Gasteiger partial charge >= 0.3 is 0 Å². The Bertz CT molecular complexity index is 521. The average Bonchev–Trinajstić information content (AvgIpc) is 2.52. The fourth-order valence-corrected chi connectivity index (χ4v) is 3.17. The van der Waals surface area contributed by atoms with Crippen LogP contribution in [0.4, 0.5) is 0 Å². The third-order valence-electron chi connectivity index (χ3n) is 3.25. The summed E-state index contributed by atoms with van der Waals surface area (Å²) in [7, 11) is 0. The van der Waals surface area contributed by atoms with Crippen molar-refractivity contribution in [2.45, 2.75) is 12.8 Å². The van der Waals surface area contributed by atoms with Crippen LogP contribution >= 0.6 is 31.9 Å². The van der Waals surface area contributed by atoms with Gasteiger partial charge in [0.15, 0.2) is 0 Å². The van der Waals surface area contributed by atoms with Gasteiger partial charge in [-0.3, -0.25) is 0 Å². The summed E-state index contributed by atoms with van der Waals surface area (Å²) in [5, 5.41) is 0. The molecule has 1 aliphatic rings. The molecule has 0 aliphatic heterocycles. The summed E-state index contributed by atoms with van der Waals surface area (Å²) in [6, 6.07) is 13.1. The molecule has 2 aromatic carbocycles. The molecule has 1 aliphatic carbocycles. The van der Waals surface area contributed by atoms with Crippen LogP contribution in [0.5, 0.6) is 0 Å². The van der Waals surface area contributed by atoms with Gasteiger partial charge in [0.25, 0.3) is 0 Å². The third-order valence-corrected chi connectivity index (χ3v) is 4.24. The summed E-state index contributed by atoms with van der Waals surface area (Å²) < 4.78 is 2.29. The molecule has 2 heteroatoms. The molecule has 0 saturated carbocycles. The molecular weight excluding hydrogens is 328 g/mol. The normalized spacial score (nSPS) is 13.7. The van der Waals surface area contributed by atoms with Crippen molar-refractivity contribution < 1.29 is 0 Å². The summed E-state index contributed by atoms with van der Waals surface area (Å²) in [6.07, 6.45) is 0. The van der Waals surface area contributed by atoms with Crippen molar-refractivity contribution in [1.82, 2.24) is 0 Å². The number of halogens is 2. The lowest BCUT2D eigenvalue weighted by Gasteiger charge is -2.05. The van der Waals surface area contributed by atoms with Crippen LogP contribution in [0.2, 0.25) is 0 Å². The molecule has 0 atom stereocenters. The number of fused-ring (bicyclic) bond motifs is 3. The molecule has 0 fully saturated rings. The van der Waals surface area contributed by atoms with E-state index in [1.165, 1.54) is 22.3 Å². The molecule has 0 N–H and O–H groups in total. The molecule has 0 unspecified atom stereocenters. The Morgan fingerprint density at radius 2 is 1.25 bits per heavy atom. The van der Waals surface area contributed by atoms with Gasteiger partial charge in [-0.2, -0.15) is 0 Å². The smallest absolute Gasteiger partial charge is 0.0181 e. The van der Waals surface area contributed by atoms with Gasteiger partial charge in [0, 0.05) is 14.9 Å². The van der Waals surface area contributed by atoms with Crippen LogP contribution in [-0.4, -0.2) is 0 Å². The maximum absolute atomic E-state index is 3.54. The molecule has 0 aromatic heterocycles. The second-order valence-corrected chi connectivity index (χ2v) is 6.02. The van der Waals surface area contributed by atoms with Gasteiger partial charge < -0.3 is 0 Å². The quantitative estimate of drug-likeness (QED) is 0.608. The topological polar surface area (TPSA) is 0 Å². The molecule has 2 aromatic rings. The molecule has 0 amide bonds. The monoisotopic (exact) mass is 336 g/mol. The second kappa shape index (κ2) is 3.71. The minimum atomic E-state index is 0.506. The Balaban J connectivity index is 2.33. The first-order valence-electron chi connectivity index (χ1n) is 5.26. The molecule has 0 radical (unpaired) electrons. The lowest BCUT2D eigenvalue weighted by molar-refractivity contribution is 0.956. The number of hydrogen-bond acceptors (Lipinski definition) is 0. The minimum absolute atomic E-state index is 0.506. The van der Waals surface area contributed by atoms with E-state index in [0.29, 0.717) is 5.92 Å². The fourth-order valence-electron chi connectivity index (χ4n) is 2.45. The van der Waals surface area contributed by atoms with E-state index < -0.39 is 0 Å². The Labute approximate surface area is 112 Å². The highest BCUT2D eigenvalue weighted by atomic mass is 79.9. The van der Waals surface area contributed by atoms with Crippen LogP contribution in [0.3, 0.4) is 0 Å². The molecule has 80 valence electrons. The van der Waals surface area contributed by atoms with Gasteiger partial charge in [0.1, 0.15) is 0 Å². The van der Waals surface area contributed by atoms with E-state index in [1.807, 2.05) is 0 Å². The largest absolute Gasteiger partial charge is 0.0567 e. The maximum atomic E-state index is 3.54. The van der Waals surface area contributed by atoms with Crippen LogP contribution in [0.15, 0.2) is 45.3 Å². The van der Waals surface area contributed by atoms with Gasteiger partial charge in [-0.25, -0.2) is 0 Å². The van der Waals surface area contributed by atoms with Crippen LogP contribution in [0.25, 0.3) is 11.1 Å². The predicted octanol–water partition coefficient (Wildman–Crippen LogP) is 5.34. The van der Waals surface area contributed by atoms with Crippen molar-refractivity contribution in [2.75, 3.05) is 0 Å². The summed E-state index contributed by atoms with van der Waals surface area (Å²) in [5.41, 5.74) is 5.57. The summed E-state index contributed by atoms with van der Waals surface area (Å²) >= 11 is 7.09. The first-order valence-corrected chi connectivity index (χ1v) is 6.84. The van der Waals surface area contributed by atoms with Gasteiger partial charge in [-0.15, -0.1) is 0 Å². The Morgan fingerprint density at radius 3 is 1.69 bits per heavy atom. The van der Waals surface area contributed by atoms with E-state index in [1.54, 1.807) is 0 Å². The van der Waals surface area contributed by atoms with Crippen molar-refractivity contribution in [3.05, 3.63) is 56.5 Å². The second-order valence-electron chi connectivity index (χ2n) is 4.18. The number of rotatable bonds is 0. The molecule has 0 heterocycles. The molecule has 0 spiro atoms. The standard InChI is InChI=1S/C14H10Br2/c1-8-11-4-2-9(15)6-13(11)14-7-10(16)3-5-12(8)14/h2-8H,1H3. The zero-order chi connectivity index (χ0) is 11.3. The Kier molecular flexibility index (Phi) is 2.45. The third kappa shape index (κ3) is 1.47. The molecule has 0 nitrogen and oxygen atoms in total. The van der Waals surface area contributed by atoms with Crippen molar-refractivity contribution >= 4 is 31.9 Å². The van der Waals surface area contributed by atoms with Crippen LogP contribution < -0.4 is 0 Å². The molecule has 0 bridgehead atoms. The van der Waals surface area contributed by atoms with E-state index in [4.69, 9.17) is 0 Å². The predicted molar refractivity (Wildman–Crippen MR) is 74.8 cm³/mol. The zero-order valence-corrected chi connectivity index (χ0v) is 12.0. The highest BCUT2D eigenvalue weighted by Gasteiger charge is 2.25. The van der Waals surface area contributed by atoms with E-state index in [-0.39, 0.29) is 0 Å². The van der Waals surface area contributed by atoms with E-state index in [0.717, 1.165) is 8.95 Å². The van der Waals surface area contributed by atoms with Gasteiger partial charge in [-0.1, -0.05) is 50.9 Å². The van der Waals surface area contributed by atoms with E-state index in [9.17, 15) is 0 Å². The van der Waals surface area contributed by atoms with Gasteiger partial charge in [0.05, 0.1) is 0 Å². The summed E-state index contributed by atoms with van der Waals surface area (Å²) in [4.78, 5) is 0. The first-order chi connectivity index (χ1) is 7.66. The summed E-state index contributed by atoms with van der Waals surface area (Å²) in [6.45, 7) is 2.27. The average molecular weight is 338 g/mol. The van der Waals surface area contributed by atoms with Crippen molar-refractivity contribution in [3.8, 4) is 11.1 Å². The van der Waals surface area contributed by atoms with Crippen LogP contribution in [-0.2, 0) is 0 Å². The number of hydrogen-bond donors (Lipinski definition) is 0.